The van der Waals surface area contributed by atoms with Gasteiger partial charge in [-0.05, 0) is 49.1 Å². The highest BCUT2D eigenvalue weighted by Crippen LogP contribution is 2.49. The largest absolute Gasteiger partial charge is 0.467 e. The van der Waals surface area contributed by atoms with Gasteiger partial charge < -0.3 is 14.8 Å². The zero-order chi connectivity index (χ0) is 17.7. The summed E-state index contributed by atoms with van der Waals surface area (Å²) in [5.74, 6) is 1.08. The summed E-state index contributed by atoms with van der Waals surface area (Å²) in [5.41, 5.74) is 4.06. The van der Waals surface area contributed by atoms with Crippen LogP contribution >= 0.6 is 0 Å². The van der Waals surface area contributed by atoms with Crippen LogP contribution in [0, 0.1) is 17.8 Å². The highest BCUT2D eigenvalue weighted by Gasteiger charge is 2.46. The van der Waals surface area contributed by atoms with Crippen LogP contribution < -0.4 is 0 Å². The first kappa shape index (κ1) is 16.3. The lowest BCUT2D eigenvalue weighted by Crippen LogP contribution is -2.52. The third kappa shape index (κ3) is 2.48. The predicted molar refractivity (Wildman–Crippen MR) is 98.7 cm³/mol. The SMILES string of the molecule is O=COC[C@H]1[C@H]2C[C@H]3c4[nH]c5ccccc5c4CCN3C[C@@H]2CC[C@@H]1O. The number of hydrogen-bond acceptors (Lipinski definition) is 4. The van der Waals surface area contributed by atoms with Crippen molar-refractivity contribution in [3.63, 3.8) is 0 Å². The Hall–Kier alpha value is -1.85. The first-order valence-electron chi connectivity index (χ1n) is 9.83. The van der Waals surface area contributed by atoms with Crippen molar-refractivity contribution in [2.75, 3.05) is 19.7 Å². The fourth-order valence-corrected chi connectivity index (χ4v) is 5.84. The highest BCUT2D eigenvalue weighted by molar-refractivity contribution is 5.85. The Morgan fingerprint density at radius 3 is 3.08 bits per heavy atom. The van der Waals surface area contributed by atoms with E-state index >= 15 is 0 Å². The average molecular weight is 354 g/mol. The van der Waals surface area contributed by atoms with Gasteiger partial charge in [0.1, 0.15) is 0 Å². The number of fused-ring (bicyclic) bond motifs is 6. The lowest BCUT2D eigenvalue weighted by molar-refractivity contribution is -0.136. The molecule has 2 aliphatic heterocycles. The van der Waals surface area contributed by atoms with E-state index in [1.165, 1.54) is 22.2 Å². The molecule has 0 spiro atoms. The third-order valence-electron chi connectivity index (χ3n) is 7.07. The van der Waals surface area contributed by atoms with Gasteiger partial charge in [0.2, 0.25) is 0 Å². The second-order valence-corrected chi connectivity index (χ2v) is 8.22. The van der Waals surface area contributed by atoms with Crippen molar-refractivity contribution in [3.8, 4) is 0 Å². The van der Waals surface area contributed by atoms with Crippen molar-refractivity contribution in [3.05, 3.63) is 35.5 Å². The Bertz CT molecular complexity index is 817. The fourth-order valence-electron chi connectivity index (χ4n) is 5.84. The number of carbonyl (C=O) groups excluding carboxylic acids is 1. The van der Waals surface area contributed by atoms with Gasteiger partial charge in [-0.2, -0.15) is 0 Å². The minimum atomic E-state index is -0.353. The van der Waals surface area contributed by atoms with E-state index in [4.69, 9.17) is 4.74 Å². The summed E-state index contributed by atoms with van der Waals surface area (Å²) in [6.45, 7) is 3.06. The predicted octanol–water partition coefficient (Wildman–Crippen LogP) is 2.65. The van der Waals surface area contributed by atoms with E-state index in [0.29, 0.717) is 31.0 Å². The van der Waals surface area contributed by atoms with E-state index < -0.39 is 0 Å². The number of piperidine rings is 1. The maximum Gasteiger partial charge on any atom is 0.293 e. The van der Waals surface area contributed by atoms with Crippen molar-refractivity contribution >= 4 is 17.4 Å². The number of ether oxygens (including phenoxy) is 1. The van der Waals surface area contributed by atoms with E-state index in [0.717, 1.165) is 38.8 Å². The van der Waals surface area contributed by atoms with Gasteiger partial charge in [-0.15, -0.1) is 0 Å². The van der Waals surface area contributed by atoms with Gasteiger partial charge in [-0.3, -0.25) is 9.69 Å². The number of aliphatic hydroxyl groups is 1. The van der Waals surface area contributed by atoms with Crippen molar-refractivity contribution in [1.29, 1.82) is 0 Å². The molecule has 1 saturated carbocycles. The molecule has 5 rings (SSSR count). The molecular formula is C21H26N2O3. The van der Waals surface area contributed by atoms with Gasteiger partial charge in [0.15, 0.2) is 0 Å². The maximum atomic E-state index is 10.7. The third-order valence-corrected chi connectivity index (χ3v) is 7.07. The lowest BCUT2D eigenvalue weighted by atomic mass is 9.65. The summed E-state index contributed by atoms with van der Waals surface area (Å²) in [4.78, 5) is 17.0. The summed E-state index contributed by atoms with van der Waals surface area (Å²) >= 11 is 0. The van der Waals surface area contributed by atoms with E-state index in [1.54, 1.807) is 0 Å². The molecule has 2 aromatic rings. The first-order chi connectivity index (χ1) is 12.8. The topological polar surface area (TPSA) is 65.6 Å². The molecule has 1 aromatic heterocycles. The molecule has 26 heavy (non-hydrogen) atoms. The molecule has 2 N–H and O–H groups in total. The van der Waals surface area contributed by atoms with Crippen LogP contribution in [0.4, 0.5) is 0 Å². The molecule has 1 aliphatic carbocycles. The highest BCUT2D eigenvalue weighted by atomic mass is 16.5. The van der Waals surface area contributed by atoms with Crippen LogP contribution in [0.15, 0.2) is 24.3 Å². The van der Waals surface area contributed by atoms with E-state index in [9.17, 15) is 9.90 Å². The number of benzene rings is 1. The number of rotatable bonds is 3. The number of para-hydroxylation sites is 1. The van der Waals surface area contributed by atoms with E-state index in [-0.39, 0.29) is 12.0 Å². The minimum Gasteiger partial charge on any atom is -0.467 e. The first-order valence-corrected chi connectivity index (χ1v) is 9.83. The molecule has 1 saturated heterocycles. The van der Waals surface area contributed by atoms with Crippen LogP contribution in [0.25, 0.3) is 10.9 Å². The molecule has 5 heteroatoms. The molecule has 0 bridgehead atoms. The Kier molecular flexibility index (Phi) is 4.02. The zero-order valence-corrected chi connectivity index (χ0v) is 14.9. The molecule has 5 atom stereocenters. The maximum absolute atomic E-state index is 10.7. The van der Waals surface area contributed by atoms with Crippen LogP contribution in [0.5, 0.6) is 0 Å². The molecule has 0 amide bonds. The number of hydrogen-bond donors (Lipinski definition) is 2. The summed E-state index contributed by atoms with van der Waals surface area (Å²) in [5, 5.41) is 11.9. The molecule has 0 radical (unpaired) electrons. The van der Waals surface area contributed by atoms with Crippen molar-refractivity contribution in [2.45, 2.75) is 37.8 Å². The Morgan fingerprint density at radius 1 is 1.31 bits per heavy atom. The summed E-state index contributed by atoms with van der Waals surface area (Å²) in [6.07, 6.45) is 3.69. The van der Waals surface area contributed by atoms with Crippen molar-refractivity contribution in [1.82, 2.24) is 9.88 Å². The van der Waals surface area contributed by atoms with E-state index in [2.05, 4.69) is 34.1 Å². The van der Waals surface area contributed by atoms with E-state index in [1.807, 2.05) is 0 Å². The summed E-state index contributed by atoms with van der Waals surface area (Å²) < 4.78 is 5.08. The summed E-state index contributed by atoms with van der Waals surface area (Å²) in [6, 6.07) is 8.97. The minimum absolute atomic E-state index is 0.0656. The molecule has 3 heterocycles. The number of nitrogens with one attached hydrogen (secondary N) is 1. The van der Waals surface area contributed by atoms with Crippen molar-refractivity contribution < 1.29 is 14.6 Å². The molecule has 3 aliphatic rings. The molecule has 138 valence electrons. The standard InChI is InChI=1S/C21H26N2O3/c24-12-26-11-17-16-9-19-21-15(14-3-1-2-4-18(14)22-21)7-8-23(19)10-13(16)5-6-20(17)25/h1-4,12-13,16-17,19-20,22,25H,5-11H2/t13-,16-,17-,19-,20-/m0/s1. The van der Waals surface area contributed by atoms with Gasteiger partial charge in [-0.25, -0.2) is 0 Å². The quantitative estimate of drug-likeness (QED) is 0.832. The molecule has 0 unspecified atom stereocenters. The van der Waals surface area contributed by atoms with Gasteiger partial charge in [0, 0.05) is 35.6 Å². The fraction of sp³-hybridized carbons (Fsp3) is 0.571. The molecular weight excluding hydrogens is 328 g/mol. The number of aliphatic hydroxyl groups excluding tert-OH is 1. The number of carbonyl (C=O) groups is 1. The average Bonchev–Trinajstić information content (AvgIpc) is 3.05. The second-order valence-electron chi connectivity index (χ2n) is 8.22. The molecule has 2 fully saturated rings. The Balaban J connectivity index is 1.48. The smallest absolute Gasteiger partial charge is 0.293 e. The van der Waals surface area contributed by atoms with Crippen LogP contribution in [0.2, 0.25) is 0 Å². The summed E-state index contributed by atoms with van der Waals surface area (Å²) in [7, 11) is 0. The lowest BCUT2D eigenvalue weighted by Gasteiger charge is -2.51. The molecule has 5 nitrogen and oxygen atoms in total. The van der Waals surface area contributed by atoms with Gasteiger partial charge in [0.25, 0.3) is 6.47 Å². The number of aromatic amines is 1. The zero-order valence-electron chi connectivity index (χ0n) is 14.9. The van der Waals surface area contributed by atoms with Gasteiger partial charge >= 0.3 is 0 Å². The molecule has 1 aromatic carbocycles. The number of H-pyrrole nitrogens is 1. The monoisotopic (exact) mass is 354 g/mol. The second kappa shape index (κ2) is 6.39. The van der Waals surface area contributed by atoms with Crippen molar-refractivity contribution in [2.24, 2.45) is 17.8 Å². The van der Waals surface area contributed by atoms with Crippen LogP contribution in [-0.4, -0.2) is 47.3 Å². The van der Waals surface area contributed by atoms with Gasteiger partial charge in [0.05, 0.1) is 18.8 Å². The van der Waals surface area contributed by atoms with Crippen LogP contribution in [0.1, 0.15) is 36.6 Å². The normalized spacial score (nSPS) is 34.0. The number of nitrogens with zero attached hydrogens (tertiary/aromatic N) is 1. The van der Waals surface area contributed by atoms with Crippen LogP contribution in [0.3, 0.4) is 0 Å². The Labute approximate surface area is 153 Å². The Morgan fingerprint density at radius 2 is 2.19 bits per heavy atom. The van der Waals surface area contributed by atoms with Gasteiger partial charge in [-0.1, -0.05) is 18.2 Å². The van der Waals surface area contributed by atoms with Crippen LogP contribution in [-0.2, 0) is 16.0 Å². The number of aromatic nitrogens is 1.